The highest BCUT2D eigenvalue weighted by Gasteiger charge is 2.15. The molecule has 0 N–H and O–H groups in total. The summed E-state index contributed by atoms with van der Waals surface area (Å²) in [6.45, 7) is 0.327. The average Bonchev–Trinajstić information content (AvgIpc) is 2.80. The molecular formula is C26H19ClO3. The van der Waals surface area contributed by atoms with Crippen LogP contribution in [0.15, 0.2) is 103 Å². The van der Waals surface area contributed by atoms with Crippen molar-refractivity contribution in [2.45, 2.75) is 6.61 Å². The Morgan fingerprint density at radius 1 is 0.700 bits per heavy atom. The zero-order valence-electron chi connectivity index (χ0n) is 16.1. The molecule has 4 heteroatoms. The van der Waals surface area contributed by atoms with Crippen LogP contribution in [0.2, 0.25) is 5.02 Å². The number of para-hydroxylation sites is 1. The molecule has 30 heavy (non-hydrogen) atoms. The number of rotatable bonds is 6. The normalized spacial score (nSPS) is 10.4. The van der Waals surface area contributed by atoms with E-state index in [1.54, 1.807) is 42.5 Å². The molecule has 3 nitrogen and oxygen atoms in total. The maximum absolute atomic E-state index is 12.7. The van der Waals surface area contributed by atoms with E-state index in [9.17, 15) is 4.79 Å². The number of carbonyl (C=O) groups is 1. The lowest BCUT2D eigenvalue weighted by Gasteiger charge is -2.11. The minimum absolute atomic E-state index is 0.327. The van der Waals surface area contributed by atoms with Gasteiger partial charge in [0.1, 0.15) is 23.7 Å². The smallest absolute Gasteiger partial charge is 0.347 e. The number of halogens is 1. The maximum Gasteiger partial charge on any atom is 0.347 e. The Hall–Kier alpha value is -3.56. The van der Waals surface area contributed by atoms with Gasteiger partial charge in [-0.05, 0) is 53.1 Å². The van der Waals surface area contributed by atoms with Gasteiger partial charge in [0.15, 0.2) is 0 Å². The summed E-state index contributed by atoms with van der Waals surface area (Å²) >= 11 is 5.92. The first kappa shape index (κ1) is 19.7. The van der Waals surface area contributed by atoms with Gasteiger partial charge < -0.3 is 9.47 Å². The summed E-state index contributed by atoms with van der Waals surface area (Å²) in [4.78, 5) is 12.7. The van der Waals surface area contributed by atoms with Crippen molar-refractivity contribution in [1.29, 1.82) is 0 Å². The van der Waals surface area contributed by atoms with Gasteiger partial charge in [-0.25, -0.2) is 4.79 Å². The van der Waals surface area contributed by atoms with E-state index in [2.05, 4.69) is 0 Å². The Kier molecular flexibility index (Phi) is 6.11. The molecule has 0 aliphatic carbocycles. The van der Waals surface area contributed by atoms with Crippen LogP contribution in [0.4, 0.5) is 0 Å². The molecule has 0 fully saturated rings. The molecule has 4 aromatic rings. The Morgan fingerprint density at radius 2 is 1.33 bits per heavy atom. The monoisotopic (exact) mass is 414 g/mol. The van der Waals surface area contributed by atoms with E-state index in [1.807, 2.05) is 60.7 Å². The Bertz CT molecular complexity index is 1120. The van der Waals surface area contributed by atoms with Crippen molar-refractivity contribution in [2.24, 2.45) is 0 Å². The second kappa shape index (κ2) is 9.29. The van der Waals surface area contributed by atoms with Crippen LogP contribution in [0.3, 0.4) is 0 Å². The molecule has 0 aliphatic heterocycles. The first-order valence-electron chi connectivity index (χ1n) is 9.53. The van der Waals surface area contributed by atoms with Crippen molar-refractivity contribution in [3.8, 4) is 22.6 Å². The lowest BCUT2D eigenvalue weighted by Crippen LogP contribution is -2.11. The molecule has 0 atom stereocenters. The third-order valence-electron chi connectivity index (χ3n) is 4.59. The topological polar surface area (TPSA) is 35.5 Å². The van der Waals surface area contributed by atoms with Crippen molar-refractivity contribution >= 4 is 17.6 Å². The Morgan fingerprint density at radius 3 is 2.07 bits per heavy atom. The van der Waals surface area contributed by atoms with Crippen LogP contribution in [-0.4, -0.2) is 5.97 Å². The first-order chi connectivity index (χ1) is 14.7. The molecule has 0 radical (unpaired) electrons. The summed E-state index contributed by atoms with van der Waals surface area (Å²) in [6, 6.07) is 31.9. The van der Waals surface area contributed by atoms with Crippen molar-refractivity contribution in [3.05, 3.63) is 119 Å². The van der Waals surface area contributed by atoms with Crippen LogP contribution in [0.1, 0.15) is 15.9 Å². The van der Waals surface area contributed by atoms with Crippen molar-refractivity contribution < 1.29 is 14.3 Å². The summed E-state index contributed by atoms with van der Waals surface area (Å²) in [5.74, 6) is 0.486. The second-order valence-electron chi connectivity index (χ2n) is 6.69. The molecule has 0 spiro atoms. The fourth-order valence-electron chi connectivity index (χ4n) is 3.01. The highest BCUT2D eigenvalue weighted by molar-refractivity contribution is 6.30. The first-order valence-corrected chi connectivity index (χ1v) is 9.91. The van der Waals surface area contributed by atoms with Gasteiger partial charge >= 0.3 is 5.97 Å². The summed E-state index contributed by atoms with van der Waals surface area (Å²) in [5, 5.41) is 0.668. The maximum atomic E-state index is 12.7. The van der Waals surface area contributed by atoms with Crippen molar-refractivity contribution in [3.63, 3.8) is 0 Å². The third kappa shape index (κ3) is 4.88. The van der Waals surface area contributed by atoms with Crippen LogP contribution >= 0.6 is 11.6 Å². The Balaban J connectivity index is 1.45. The standard InChI is InChI=1S/C26H19ClO3/c27-22-14-10-19(11-15-22)18-29-25-9-5-4-8-24(25)26(28)30-23-16-12-21(13-17-23)20-6-2-1-3-7-20/h1-17H,18H2. The zero-order chi connectivity index (χ0) is 20.8. The molecule has 0 heterocycles. The molecule has 0 aromatic heterocycles. The van der Waals surface area contributed by atoms with E-state index in [4.69, 9.17) is 21.1 Å². The van der Waals surface area contributed by atoms with E-state index in [0.717, 1.165) is 16.7 Å². The SMILES string of the molecule is O=C(Oc1ccc(-c2ccccc2)cc1)c1ccccc1OCc1ccc(Cl)cc1. The second-order valence-corrected chi connectivity index (χ2v) is 7.13. The zero-order valence-corrected chi connectivity index (χ0v) is 16.9. The Labute approximate surface area is 180 Å². The van der Waals surface area contributed by atoms with Gasteiger partial charge in [-0.2, -0.15) is 0 Å². The number of hydrogen-bond acceptors (Lipinski definition) is 3. The van der Waals surface area contributed by atoms with Crippen molar-refractivity contribution in [2.75, 3.05) is 0 Å². The minimum atomic E-state index is -0.464. The summed E-state index contributed by atoms with van der Waals surface area (Å²) < 4.78 is 11.4. The summed E-state index contributed by atoms with van der Waals surface area (Å²) in [7, 11) is 0. The number of benzene rings is 4. The molecule has 0 saturated carbocycles. The molecular weight excluding hydrogens is 396 g/mol. The van der Waals surface area contributed by atoms with E-state index in [0.29, 0.717) is 28.7 Å². The fourth-order valence-corrected chi connectivity index (χ4v) is 3.14. The van der Waals surface area contributed by atoms with E-state index in [1.165, 1.54) is 0 Å². The average molecular weight is 415 g/mol. The lowest BCUT2D eigenvalue weighted by molar-refractivity contribution is 0.0729. The molecule has 0 saturated heterocycles. The largest absolute Gasteiger partial charge is 0.488 e. The molecule has 4 rings (SSSR count). The van der Waals surface area contributed by atoms with Gasteiger partial charge in [0, 0.05) is 5.02 Å². The van der Waals surface area contributed by atoms with Gasteiger partial charge in [0.05, 0.1) is 0 Å². The highest BCUT2D eigenvalue weighted by Crippen LogP contribution is 2.25. The third-order valence-corrected chi connectivity index (χ3v) is 4.84. The predicted molar refractivity (Wildman–Crippen MR) is 119 cm³/mol. The number of hydrogen-bond donors (Lipinski definition) is 0. The van der Waals surface area contributed by atoms with E-state index < -0.39 is 5.97 Å². The van der Waals surface area contributed by atoms with Crippen LogP contribution in [-0.2, 0) is 6.61 Å². The molecule has 148 valence electrons. The minimum Gasteiger partial charge on any atom is -0.488 e. The van der Waals surface area contributed by atoms with E-state index >= 15 is 0 Å². The van der Waals surface area contributed by atoms with Gasteiger partial charge in [0.25, 0.3) is 0 Å². The molecule has 0 bridgehead atoms. The summed E-state index contributed by atoms with van der Waals surface area (Å²) in [6.07, 6.45) is 0. The quantitative estimate of drug-likeness (QED) is 0.257. The molecule has 4 aromatic carbocycles. The van der Waals surface area contributed by atoms with Crippen molar-refractivity contribution in [1.82, 2.24) is 0 Å². The van der Waals surface area contributed by atoms with Crippen LogP contribution in [0.5, 0.6) is 11.5 Å². The van der Waals surface area contributed by atoms with E-state index in [-0.39, 0.29) is 0 Å². The molecule has 0 aliphatic rings. The predicted octanol–water partition coefficient (Wildman–Crippen LogP) is 6.81. The summed E-state index contributed by atoms with van der Waals surface area (Å²) in [5.41, 5.74) is 3.50. The van der Waals surface area contributed by atoms with Gasteiger partial charge in [0.2, 0.25) is 0 Å². The molecule has 0 unspecified atom stereocenters. The highest BCUT2D eigenvalue weighted by atomic mass is 35.5. The van der Waals surface area contributed by atoms with Crippen LogP contribution < -0.4 is 9.47 Å². The van der Waals surface area contributed by atoms with Gasteiger partial charge in [-0.3, -0.25) is 0 Å². The van der Waals surface area contributed by atoms with Gasteiger partial charge in [-0.15, -0.1) is 0 Å². The molecule has 0 amide bonds. The lowest BCUT2D eigenvalue weighted by atomic mass is 10.1. The number of ether oxygens (including phenoxy) is 2. The number of carbonyl (C=O) groups excluding carboxylic acids is 1. The van der Waals surface area contributed by atoms with Crippen LogP contribution in [0.25, 0.3) is 11.1 Å². The number of esters is 1. The fraction of sp³-hybridized carbons (Fsp3) is 0.0385. The van der Waals surface area contributed by atoms with Crippen LogP contribution in [0, 0.1) is 0 Å². The van der Waals surface area contributed by atoms with Gasteiger partial charge in [-0.1, -0.05) is 78.3 Å².